The molecule has 2 heterocycles. The number of anilines is 3. The van der Waals surface area contributed by atoms with Gasteiger partial charge < -0.3 is 30.0 Å². The van der Waals surface area contributed by atoms with Gasteiger partial charge in [0.1, 0.15) is 5.75 Å². The Hall–Kier alpha value is -3.73. The third-order valence-corrected chi connectivity index (χ3v) is 5.31. The summed E-state index contributed by atoms with van der Waals surface area (Å²) in [5.74, 6) is 2.77. The van der Waals surface area contributed by atoms with Crippen LogP contribution < -0.4 is 30.0 Å². The van der Waals surface area contributed by atoms with E-state index in [4.69, 9.17) is 24.7 Å². The normalized spacial score (nSPS) is 10.8. The van der Waals surface area contributed by atoms with Crippen LogP contribution in [0, 0.1) is 0 Å². The Balaban J connectivity index is 1.66. The zero-order valence-corrected chi connectivity index (χ0v) is 17.6. The van der Waals surface area contributed by atoms with E-state index >= 15 is 0 Å². The Labute approximate surface area is 176 Å². The molecule has 10 nitrogen and oxygen atoms in total. The highest BCUT2D eigenvalue weighted by Crippen LogP contribution is 2.40. The number of nitrogens with one attached hydrogen (secondary N) is 1. The van der Waals surface area contributed by atoms with E-state index in [1.807, 2.05) is 18.2 Å². The largest absolute Gasteiger partial charge is 0.497 e. The first-order chi connectivity index (χ1) is 14.6. The predicted molar refractivity (Wildman–Crippen MR) is 115 cm³/mol. The highest BCUT2D eigenvalue weighted by atomic mass is 32.1. The molecule has 0 atom stereocenters. The van der Waals surface area contributed by atoms with Crippen molar-refractivity contribution in [3.05, 3.63) is 30.3 Å². The molecular formula is C19H20N6O4S. The van der Waals surface area contributed by atoms with Gasteiger partial charge in [-0.2, -0.15) is 9.67 Å². The summed E-state index contributed by atoms with van der Waals surface area (Å²) in [6, 6.07) is 9.16. The molecule has 0 aliphatic carbocycles. The molecule has 11 heteroatoms. The van der Waals surface area contributed by atoms with Gasteiger partial charge in [-0.3, -0.25) is 0 Å². The monoisotopic (exact) mass is 428 g/mol. The van der Waals surface area contributed by atoms with Crippen LogP contribution in [-0.2, 0) is 0 Å². The van der Waals surface area contributed by atoms with E-state index in [-0.39, 0.29) is 5.95 Å². The van der Waals surface area contributed by atoms with Gasteiger partial charge in [0.05, 0.1) is 38.7 Å². The molecule has 0 saturated carbocycles. The minimum atomic E-state index is 0.205. The molecular weight excluding hydrogens is 408 g/mol. The Kier molecular flexibility index (Phi) is 5.19. The number of ether oxygens (including phenoxy) is 4. The van der Waals surface area contributed by atoms with Crippen molar-refractivity contribution in [2.75, 3.05) is 39.5 Å². The van der Waals surface area contributed by atoms with Gasteiger partial charge >= 0.3 is 0 Å². The summed E-state index contributed by atoms with van der Waals surface area (Å²) < 4.78 is 23.8. The van der Waals surface area contributed by atoms with E-state index in [1.54, 1.807) is 40.6 Å². The van der Waals surface area contributed by atoms with Gasteiger partial charge in [-0.25, -0.2) is 4.98 Å². The lowest BCUT2D eigenvalue weighted by Gasteiger charge is -2.14. The molecule has 2 aromatic heterocycles. The fourth-order valence-electron chi connectivity index (χ4n) is 2.91. The highest BCUT2D eigenvalue weighted by molar-refractivity contribution is 7.20. The van der Waals surface area contributed by atoms with Crippen molar-refractivity contribution in [2.45, 2.75) is 0 Å². The van der Waals surface area contributed by atoms with E-state index in [1.165, 1.54) is 16.0 Å². The summed E-state index contributed by atoms with van der Waals surface area (Å²) in [6.45, 7) is 0. The lowest BCUT2D eigenvalue weighted by atomic mass is 10.2. The van der Waals surface area contributed by atoms with Gasteiger partial charge in [0.2, 0.25) is 22.8 Å². The number of aromatic nitrogens is 4. The van der Waals surface area contributed by atoms with E-state index < -0.39 is 0 Å². The lowest BCUT2D eigenvalue weighted by Crippen LogP contribution is -2.02. The Morgan fingerprint density at radius 3 is 2.30 bits per heavy atom. The molecule has 4 rings (SSSR count). The molecule has 0 aliphatic heterocycles. The van der Waals surface area contributed by atoms with Crippen molar-refractivity contribution < 1.29 is 18.9 Å². The number of hydrogen-bond acceptors (Lipinski definition) is 10. The van der Waals surface area contributed by atoms with Crippen LogP contribution >= 0.6 is 11.3 Å². The minimum absolute atomic E-state index is 0.205. The number of benzene rings is 2. The summed E-state index contributed by atoms with van der Waals surface area (Å²) in [5, 5.41) is 8.14. The van der Waals surface area contributed by atoms with Crippen LogP contribution in [0.15, 0.2) is 30.3 Å². The van der Waals surface area contributed by atoms with Crippen molar-refractivity contribution in [1.29, 1.82) is 0 Å². The fourth-order valence-corrected chi connectivity index (χ4v) is 3.87. The van der Waals surface area contributed by atoms with Gasteiger partial charge in [0, 0.05) is 17.8 Å². The molecule has 0 fully saturated rings. The van der Waals surface area contributed by atoms with Crippen molar-refractivity contribution >= 4 is 39.1 Å². The zero-order chi connectivity index (χ0) is 21.3. The topological polar surface area (TPSA) is 119 Å². The first-order valence-electron chi connectivity index (χ1n) is 8.80. The molecule has 3 N–H and O–H groups in total. The molecule has 0 radical (unpaired) electrons. The van der Waals surface area contributed by atoms with Gasteiger partial charge in [0.25, 0.3) is 0 Å². The molecule has 0 bridgehead atoms. The molecule has 4 aromatic rings. The quantitative estimate of drug-likeness (QED) is 0.457. The SMILES string of the molecule is COc1ccc2nc(-n3nc(Nc4cc(OC)c(OC)c(OC)c4)nc3N)sc2c1. The second-order valence-electron chi connectivity index (χ2n) is 6.07. The first-order valence-corrected chi connectivity index (χ1v) is 9.62. The van der Waals surface area contributed by atoms with Gasteiger partial charge in [0.15, 0.2) is 11.5 Å². The highest BCUT2D eigenvalue weighted by Gasteiger charge is 2.17. The minimum Gasteiger partial charge on any atom is -0.497 e. The van der Waals surface area contributed by atoms with Crippen LogP contribution in [0.25, 0.3) is 15.3 Å². The summed E-state index contributed by atoms with van der Waals surface area (Å²) in [6.07, 6.45) is 0. The average molecular weight is 428 g/mol. The van der Waals surface area contributed by atoms with Crippen molar-refractivity contribution in [2.24, 2.45) is 0 Å². The average Bonchev–Trinajstić information content (AvgIpc) is 3.34. The molecule has 30 heavy (non-hydrogen) atoms. The zero-order valence-electron chi connectivity index (χ0n) is 16.8. The van der Waals surface area contributed by atoms with Crippen molar-refractivity contribution in [3.63, 3.8) is 0 Å². The fraction of sp³-hybridized carbons (Fsp3) is 0.211. The summed E-state index contributed by atoms with van der Waals surface area (Å²) in [4.78, 5) is 8.86. The van der Waals surface area contributed by atoms with Crippen LogP contribution in [0.2, 0.25) is 0 Å². The van der Waals surface area contributed by atoms with E-state index in [0.717, 1.165) is 16.0 Å². The van der Waals surface area contributed by atoms with Gasteiger partial charge in [-0.15, -0.1) is 5.10 Å². The predicted octanol–water partition coefficient (Wildman–Crippen LogP) is 3.24. The molecule has 0 aliphatic rings. The number of nitrogens with two attached hydrogens (primary N) is 1. The van der Waals surface area contributed by atoms with Crippen LogP contribution in [0.4, 0.5) is 17.6 Å². The second-order valence-corrected chi connectivity index (χ2v) is 7.08. The second kappa shape index (κ2) is 7.95. The summed E-state index contributed by atoms with van der Waals surface area (Å²) >= 11 is 1.44. The van der Waals surface area contributed by atoms with Crippen LogP contribution in [0.5, 0.6) is 23.0 Å². The van der Waals surface area contributed by atoms with E-state index in [9.17, 15) is 0 Å². The number of rotatable bonds is 7. The van der Waals surface area contributed by atoms with Crippen molar-refractivity contribution in [3.8, 4) is 28.1 Å². The maximum atomic E-state index is 6.08. The van der Waals surface area contributed by atoms with Crippen LogP contribution in [0.1, 0.15) is 0 Å². The standard InChI is InChI=1S/C19H20N6O4S/c1-26-11-5-6-12-15(9-11)30-19(22-12)25-17(20)23-18(24-25)21-10-7-13(27-2)16(29-4)14(8-10)28-3/h5-9H,1-4H3,(H3,20,21,23,24). The molecule has 2 aromatic carbocycles. The van der Waals surface area contributed by atoms with Crippen LogP contribution in [-0.4, -0.2) is 48.2 Å². The number of nitrogens with zero attached hydrogens (tertiary/aromatic N) is 4. The Morgan fingerprint density at radius 1 is 0.933 bits per heavy atom. The smallest absolute Gasteiger partial charge is 0.248 e. The number of hydrogen-bond donors (Lipinski definition) is 2. The molecule has 0 unspecified atom stereocenters. The Bertz CT molecular complexity index is 1180. The number of nitrogen functional groups attached to an aromatic ring is 1. The maximum absolute atomic E-state index is 6.08. The number of thiazole rings is 1. The summed E-state index contributed by atoms with van der Waals surface area (Å²) in [7, 11) is 6.27. The van der Waals surface area contributed by atoms with Gasteiger partial charge in [-0.1, -0.05) is 11.3 Å². The third kappa shape index (κ3) is 3.50. The van der Waals surface area contributed by atoms with E-state index in [2.05, 4.69) is 20.4 Å². The molecule has 0 saturated heterocycles. The lowest BCUT2D eigenvalue weighted by molar-refractivity contribution is 0.324. The maximum Gasteiger partial charge on any atom is 0.248 e. The molecule has 0 spiro atoms. The van der Waals surface area contributed by atoms with Gasteiger partial charge in [-0.05, 0) is 18.2 Å². The molecule has 156 valence electrons. The van der Waals surface area contributed by atoms with Crippen LogP contribution in [0.3, 0.4) is 0 Å². The van der Waals surface area contributed by atoms with E-state index in [0.29, 0.717) is 34.0 Å². The Morgan fingerprint density at radius 2 is 1.67 bits per heavy atom. The third-order valence-electron chi connectivity index (χ3n) is 4.32. The van der Waals surface area contributed by atoms with Crippen molar-refractivity contribution in [1.82, 2.24) is 19.7 Å². The summed E-state index contributed by atoms with van der Waals surface area (Å²) in [5.41, 5.74) is 7.56. The molecule has 0 amide bonds. The number of fused-ring (bicyclic) bond motifs is 1. The number of methoxy groups -OCH3 is 4. The first kappa shape index (κ1) is 19.6.